The van der Waals surface area contributed by atoms with Gasteiger partial charge in [0.25, 0.3) is 11.8 Å². The van der Waals surface area contributed by atoms with Crippen LogP contribution in [0, 0.1) is 5.92 Å². The van der Waals surface area contributed by atoms with Crippen LogP contribution in [0.15, 0.2) is 47.6 Å². The van der Waals surface area contributed by atoms with Crippen LogP contribution >= 0.6 is 34.8 Å². The van der Waals surface area contributed by atoms with Gasteiger partial charge in [0.15, 0.2) is 0 Å². The summed E-state index contributed by atoms with van der Waals surface area (Å²) in [6.45, 7) is 3.65. The highest BCUT2D eigenvalue weighted by Gasteiger charge is 2.24. The highest BCUT2D eigenvalue weighted by molar-refractivity contribution is 6.43. The Kier molecular flexibility index (Phi) is 7.66. The number of halogens is 3. The summed E-state index contributed by atoms with van der Waals surface area (Å²) < 4.78 is 0. The van der Waals surface area contributed by atoms with Gasteiger partial charge in [-0.3, -0.25) is 9.59 Å². The third kappa shape index (κ3) is 5.96. The predicted molar refractivity (Wildman–Crippen MR) is 110 cm³/mol. The minimum absolute atomic E-state index is 0.147. The summed E-state index contributed by atoms with van der Waals surface area (Å²) >= 11 is 17.8. The molecule has 0 spiro atoms. The fourth-order valence-electron chi connectivity index (χ4n) is 2.22. The van der Waals surface area contributed by atoms with Gasteiger partial charge in [0.1, 0.15) is 6.04 Å². The van der Waals surface area contributed by atoms with Crippen LogP contribution in [0.1, 0.15) is 29.8 Å². The molecule has 2 N–H and O–H groups in total. The maximum absolute atomic E-state index is 12.4. The van der Waals surface area contributed by atoms with Crippen LogP contribution in [0.2, 0.25) is 15.1 Å². The van der Waals surface area contributed by atoms with Gasteiger partial charge in [0.05, 0.1) is 16.3 Å². The average Bonchev–Trinajstić information content (AvgIpc) is 2.63. The van der Waals surface area contributed by atoms with Gasteiger partial charge < -0.3 is 5.32 Å². The Labute approximate surface area is 172 Å². The zero-order valence-corrected chi connectivity index (χ0v) is 16.9. The third-order valence-electron chi connectivity index (χ3n) is 3.70. The first-order valence-electron chi connectivity index (χ1n) is 8.13. The second-order valence-electron chi connectivity index (χ2n) is 6.08. The molecule has 0 aliphatic rings. The molecule has 0 aliphatic carbocycles. The fraction of sp³-hybridized carbons (Fsp3) is 0.211. The Morgan fingerprint density at radius 2 is 1.70 bits per heavy atom. The van der Waals surface area contributed by atoms with E-state index < -0.39 is 11.9 Å². The van der Waals surface area contributed by atoms with Gasteiger partial charge in [-0.25, -0.2) is 5.43 Å². The lowest BCUT2D eigenvalue weighted by atomic mass is 10.0. The molecule has 0 saturated carbocycles. The van der Waals surface area contributed by atoms with Crippen LogP contribution in [0.3, 0.4) is 0 Å². The van der Waals surface area contributed by atoms with Crippen molar-refractivity contribution in [3.63, 3.8) is 0 Å². The standard InChI is InChI=1S/C19H18Cl3N3O2/c1-11(2)17(24-18(26)12-6-8-14(20)9-7-12)19(27)25-23-10-13-4-3-5-15(21)16(13)22/h3-11,17H,1-2H3,(H,24,26)(H,25,27)/b23-10+. The highest BCUT2D eigenvalue weighted by atomic mass is 35.5. The molecule has 0 saturated heterocycles. The lowest BCUT2D eigenvalue weighted by Crippen LogP contribution is -2.48. The molecule has 2 aromatic carbocycles. The van der Waals surface area contributed by atoms with Crippen LogP contribution in [0.4, 0.5) is 0 Å². The lowest BCUT2D eigenvalue weighted by molar-refractivity contribution is -0.123. The zero-order valence-electron chi connectivity index (χ0n) is 14.7. The largest absolute Gasteiger partial charge is 0.340 e. The van der Waals surface area contributed by atoms with Gasteiger partial charge in [0.2, 0.25) is 0 Å². The van der Waals surface area contributed by atoms with E-state index in [1.165, 1.54) is 6.21 Å². The van der Waals surface area contributed by atoms with E-state index in [4.69, 9.17) is 34.8 Å². The van der Waals surface area contributed by atoms with Crippen LogP contribution in [0.5, 0.6) is 0 Å². The normalized spacial score (nSPS) is 12.2. The molecule has 0 aliphatic heterocycles. The SMILES string of the molecule is CC(C)C(NC(=O)c1ccc(Cl)cc1)C(=O)N/N=C/c1cccc(Cl)c1Cl. The second-order valence-corrected chi connectivity index (χ2v) is 7.30. The van der Waals surface area contributed by atoms with Crippen molar-refractivity contribution in [2.45, 2.75) is 19.9 Å². The van der Waals surface area contributed by atoms with E-state index in [1.54, 1.807) is 42.5 Å². The van der Waals surface area contributed by atoms with Crippen molar-refractivity contribution in [2.24, 2.45) is 11.0 Å². The van der Waals surface area contributed by atoms with Crippen molar-refractivity contribution >= 4 is 52.8 Å². The Balaban J connectivity index is 2.04. The number of benzene rings is 2. The van der Waals surface area contributed by atoms with Gasteiger partial charge in [0, 0.05) is 16.1 Å². The molecule has 2 aromatic rings. The average molecular weight is 427 g/mol. The molecule has 0 bridgehead atoms. The quantitative estimate of drug-likeness (QED) is 0.525. The topological polar surface area (TPSA) is 70.6 Å². The molecule has 1 atom stereocenters. The van der Waals surface area contributed by atoms with E-state index in [1.807, 2.05) is 13.8 Å². The van der Waals surface area contributed by atoms with Gasteiger partial charge >= 0.3 is 0 Å². The molecule has 0 fully saturated rings. The number of carbonyl (C=O) groups excluding carboxylic acids is 2. The fourth-order valence-corrected chi connectivity index (χ4v) is 2.70. The molecule has 2 rings (SSSR count). The molecule has 0 aromatic heterocycles. The Morgan fingerprint density at radius 1 is 1.04 bits per heavy atom. The van der Waals surface area contributed by atoms with Crippen LogP contribution in [-0.4, -0.2) is 24.1 Å². The first kappa shape index (κ1) is 21.2. The Morgan fingerprint density at radius 3 is 2.33 bits per heavy atom. The van der Waals surface area contributed by atoms with E-state index in [0.29, 0.717) is 26.2 Å². The van der Waals surface area contributed by atoms with Crippen molar-refractivity contribution in [1.29, 1.82) is 0 Å². The van der Waals surface area contributed by atoms with Crippen molar-refractivity contribution < 1.29 is 9.59 Å². The van der Waals surface area contributed by atoms with Crippen LogP contribution in [0.25, 0.3) is 0 Å². The number of nitrogens with one attached hydrogen (secondary N) is 2. The molecule has 5 nitrogen and oxygen atoms in total. The smallest absolute Gasteiger partial charge is 0.262 e. The summed E-state index contributed by atoms with van der Waals surface area (Å²) in [5, 5.41) is 7.87. The Hall–Kier alpha value is -2.08. The summed E-state index contributed by atoms with van der Waals surface area (Å²) in [6, 6.07) is 10.7. The van der Waals surface area contributed by atoms with E-state index in [-0.39, 0.29) is 11.8 Å². The molecule has 0 heterocycles. The Bertz CT molecular complexity index is 852. The van der Waals surface area contributed by atoms with Gasteiger partial charge in [-0.2, -0.15) is 5.10 Å². The van der Waals surface area contributed by atoms with E-state index >= 15 is 0 Å². The summed E-state index contributed by atoms with van der Waals surface area (Å²) in [7, 11) is 0. The lowest BCUT2D eigenvalue weighted by Gasteiger charge is -2.20. The minimum atomic E-state index is -0.764. The summed E-state index contributed by atoms with van der Waals surface area (Å²) in [5.74, 6) is -0.963. The van der Waals surface area contributed by atoms with Crippen LogP contribution < -0.4 is 10.7 Å². The number of nitrogens with zero attached hydrogens (tertiary/aromatic N) is 1. The number of carbonyl (C=O) groups is 2. The summed E-state index contributed by atoms with van der Waals surface area (Å²) in [5.41, 5.74) is 3.39. The van der Waals surface area contributed by atoms with Crippen molar-refractivity contribution in [1.82, 2.24) is 10.7 Å². The number of rotatable bonds is 6. The molecule has 0 radical (unpaired) electrons. The monoisotopic (exact) mass is 425 g/mol. The molecule has 8 heteroatoms. The van der Waals surface area contributed by atoms with Gasteiger partial charge in [-0.05, 0) is 36.2 Å². The predicted octanol–water partition coefficient (Wildman–Crippen LogP) is 4.55. The van der Waals surface area contributed by atoms with Crippen LogP contribution in [-0.2, 0) is 4.79 Å². The maximum atomic E-state index is 12.4. The third-order valence-corrected chi connectivity index (χ3v) is 4.79. The van der Waals surface area contributed by atoms with E-state index in [9.17, 15) is 9.59 Å². The van der Waals surface area contributed by atoms with E-state index in [2.05, 4.69) is 15.8 Å². The van der Waals surface area contributed by atoms with Gasteiger partial charge in [-0.1, -0.05) is 60.8 Å². The number of hydrogen-bond donors (Lipinski definition) is 2. The van der Waals surface area contributed by atoms with Crippen molar-refractivity contribution in [3.8, 4) is 0 Å². The highest BCUT2D eigenvalue weighted by Crippen LogP contribution is 2.24. The first-order valence-corrected chi connectivity index (χ1v) is 9.26. The molecular formula is C19H18Cl3N3O2. The van der Waals surface area contributed by atoms with E-state index in [0.717, 1.165) is 0 Å². The zero-order chi connectivity index (χ0) is 20.0. The number of amides is 2. The molecule has 142 valence electrons. The summed E-state index contributed by atoms with van der Waals surface area (Å²) in [6.07, 6.45) is 1.39. The number of hydrazone groups is 1. The summed E-state index contributed by atoms with van der Waals surface area (Å²) in [4.78, 5) is 24.8. The molecular weight excluding hydrogens is 409 g/mol. The molecule has 27 heavy (non-hydrogen) atoms. The molecule has 1 unspecified atom stereocenters. The van der Waals surface area contributed by atoms with Crippen molar-refractivity contribution in [3.05, 3.63) is 68.7 Å². The maximum Gasteiger partial charge on any atom is 0.262 e. The van der Waals surface area contributed by atoms with Gasteiger partial charge in [-0.15, -0.1) is 0 Å². The minimum Gasteiger partial charge on any atom is -0.340 e. The molecule has 2 amide bonds. The first-order chi connectivity index (χ1) is 12.8. The van der Waals surface area contributed by atoms with Crippen molar-refractivity contribution in [2.75, 3.05) is 0 Å². The second kappa shape index (κ2) is 9.74. The number of hydrogen-bond acceptors (Lipinski definition) is 3.